The van der Waals surface area contributed by atoms with E-state index >= 15 is 0 Å². The molecule has 0 radical (unpaired) electrons. The largest absolute Gasteiger partial charge is 0.386 e. The van der Waals surface area contributed by atoms with Gasteiger partial charge in [-0.15, -0.1) is 0 Å². The second-order valence-electron chi connectivity index (χ2n) is 4.52. The normalized spacial score (nSPS) is 30.5. The highest BCUT2D eigenvalue weighted by atomic mass is 35.5. The van der Waals surface area contributed by atoms with Gasteiger partial charge in [0.05, 0.1) is 11.1 Å². The fraction of sp³-hybridized carbons (Fsp3) is 0.600. The Balaban J connectivity index is 2.36. The first-order valence-corrected chi connectivity index (χ1v) is 4.93. The SMILES string of the molecule is CN1C=C(Cl)C=C2NCC(C)(C)C21. The van der Waals surface area contributed by atoms with E-state index in [9.17, 15) is 0 Å². The van der Waals surface area contributed by atoms with Gasteiger partial charge >= 0.3 is 0 Å². The van der Waals surface area contributed by atoms with Gasteiger partial charge in [-0.05, 0) is 6.08 Å². The smallest absolute Gasteiger partial charge is 0.0748 e. The zero-order chi connectivity index (χ0) is 9.64. The number of hydrogen-bond donors (Lipinski definition) is 1. The van der Waals surface area contributed by atoms with Gasteiger partial charge in [0.15, 0.2) is 0 Å². The summed E-state index contributed by atoms with van der Waals surface area (Å²) in [7, 11) is 2.08. The molecule has 0 aromatic carbocycles. The van der Waals surface area contributed by atoms with Crippen LogP contribution in [0, 0.1) is 5.41 Å². The van der Waals surface area contributed by atoms with Crippen molar-refractivity contribution in [2.24, 2.45) is 5.41 Å². The molecule has 1 saturated heterocycles. The van der Waals surface area contributed by atoms with Crippen molar-refractivity contribution < 1.29 is 0 Å². The van der Waals surface area contributed by atoms with Gasteiger partial charge in [-0.1, -0.05) is 25.4 Å². The van der Waals surface area contributed by atoms with Crippen LogP contribution in [0.5, 0.6) is 0 Å². The van der Waals surface area contributed by atoms with Gasteiger partial charge in [-0.2, -0.15) is 0 Å². The second-order valence-corrected chi connectivity index (χ2v) is 4.96. The molecule has 0 aromatic heterocycles. The third-order valence-electron chi connectivity index (χ3n) is 2.81. The molecule has 0 bridgehead atoms. The van der Waals surface area contributed by atoms with Gasteiger partial charge < -0.3 is 10.2 Å². The van der Waals surface area contributed by atoms with Crippen molar-refractivity contribution in [2.75, 3.05) is 13.6 Å². The summed E-state index contributed by atoms with van der Waals surface area (Å²) in [6.45, 7) is 5.57. The van der Waals surface area contributed by atoms with Crippen LogP contribution >= 0.6 is 11.6 Å². The molecule has 2 aliphatic heterocycles. The van der Waals surface area contributed by atoms with Crippen molar-refractivity contribution in [1.29, 1.82) is 0 Å². The predicted octanol–water partition coefficient (Wildman–Crippen LogP) is 1.89. The van der Waals surface area contributed by atoms with E-state index in [1.165, 1.54) is 5.70 Å². The summed E-state index contributed by atoms with van der Waals surface area (Å²) in [6.07, 6.45) is 4.02. The maximum atomic E-state index is 5.97. The molecule has 13 heavy (non-hydrogen) atoms. The molecule has 1 unspecified atom stereocenters. The standard InChI is InChI=1S/C10H15ClN2/c1-10(2)6-12-8-4-7(11)5-13(3)9(8)10/h4-5,9,12H,6H2,1-3H3. The van der Waals surface area contributed by atoms with Crippen LogP contribution in [0.3, 0.4) is 0 Å². The second kappa shape index (κ2) is 2.68. The van der Waals surface area contributed by atoms with Crippen LogP contribution in [0.15, 0.2) is 23.0 Å². The molecule has 0 amide bonds. The number of fused-ring (bicyclic) bond motifs is 1. The fourth-order valence-corrected chi connectivity index (χ4v) is 2.57. The topological polar surface area (TPSA) is 15.3 Å². The van der Waals surface area contributed by atoms with Gasteiger partial charge in [0.1, 0.15) is 0 Å². The van der Waals surface area contributed by atoms with E-state index in [4.69, 9.17) is 11.6 Å². The van der Waals surface area contributed by atoms with Crippen LogP contribution in [0.25, 0.3) is 0 Å². The van der Waals surface area contributed by atoms with Gasteiger partial charge in [-0.3, -0.25) is 0 Å². The van der Waals surface area contributed by atoms with E-state index in [1.807, 2.05) is 12.3 Å². The predicted molar refractivity (Wildman–Crippen MR) is 55.4 cm³/mol. The summed E-state index contributed by atoms with van der Waals surface area (Å²) in [5, 5.41) is 4.21. The number of hydrogen-bond acceptors (Lipinski definition) is 2. The maximum absolute atomic E-state index is 5.97. The van der Waals surface area contributed by atoms with E-state index < -0.39 is 0 Å². The number of allylic oxidation sites excluding steroid dienone is 2. The van der Waals surface area contributed by atoms with Crippen LogP contribution in [0.2, 0.25) is 0 Å². The molecule has 1 N–H and O–H groups in total. The van der Waals surface area contributed by atoms with E-state index in [1.54, 1.807) is 0 Å². The summed E-state index contributed by atoms with van der Waals surface area (Å²) in [4.78, 5) is 2.19. The Kier molecular flexibility index (Phi) is 1.84. The van der Waals surface area contributed by atoms with E-state index in [2.05, 4.69) is 31.1 Å². The Morgan fingerprint density at radius 2 is 2.31 bits per heavy atom. The Hall–Kier alpha value is -0.630. The van der Waals surface area contributed by atoms with Crippen molar-refractivity contribution in [3.05, 3.63) is 23.0 Å². The molecular weight excluding hydrogens is 184 g/mol. The zero-order valence-electron chi connectivity index (χ0n) is 8.26. The summed E-state index contributed by atoms with van der Waals surface area (Å²) >= 11 is 5.97. The van der Waals surface area contributed by atoms with Crippen molar-refractivity contribution in [3.63, 3.8) is 0 Å². The van der Waals surface area contributed by atoms with E-state index in [0.717, 1.165) is 11.6 Å². The highest BCUT2D eigenvalue weighted by molar-refractivity contribution is 6.31. The highest BCUT2D eigenvalue weighted by Gasteiger charge is 2.41. The third-order valence-corrected chi connectivity index (χ3v) is 3.02. The summed E-state index contributed by atoms with van der Waals surface area (Å²) in [5.74, 6) is 0. The molecule has 1 atom stereocenters. The molecule has 0 aliphatic carbocycles. The summed E-state index contributed by atoms with van der Waals surface area (Å²) in [6, 6.07) is 0.454. The monoisotopic (exact) mass is 198 g/mol. The Labute approximate surface area is 84.2 Å². The van der Waals surface area contributed by atoms with Crippen molar-refractivity contribution in [2.45, 2.75) is 19.9 Å². The van der Waals surface area contributed by atoms with Crippen molar-refractivity contribution >= 4 is 11.6 Å². The molecule has 0 spiro atoms. The molecule has 2 rings (SSSR count). The van der Waals surface area contributed by atoms with E-state index in [0.29, 0.717) is 6.04 Å². The number of rotatable bonds is 0. The Morgan fingerprint density at radius 1 is 1.62 bits per heavy atom. The van der Waals surface area contributed by atoms with Gasteiger partial charge in [0.25, 0.3) is 0 Å². The Bertz CT molecular complexity index is 291. The van der Waals surface area contributed by atoms with Crippen molar-refractivity contribution in [1.82, 2.24) is 10.2 Å². The molecule has 2 heterocycles. The molecule has 0 aromatic rings. The maximum Gasteiger partial charge on any atom is 0.0748 e. The van der Waals surface area contributed by atoms with Crippen molar-refractivity contribution in [3.8, 4) is 0 Å². The minimum atomic E-state index is 0.286. The zero-order valence-corrected chi connectivity index (χ0v) is 9.02. The molecule has 72 valence electrons. The number of nitrogens with zero attached hydrogens (tertiary/aromatic N) is 1. The lowest BCUT2D eigenvalue weighted by Crippen LogP contribution is -2.39. The van der Waals surface area contributed by atoms with Crippen LogP contribution in [0.1, 0.15) is 13.8 Å². The average molecular weight is 199 g/mol. The molecule has 1 fully saturated rings. The Morgan fingerprint density at radius 3 is 3.00 bits per heavy atom. The first kappa shape index (κ1) is 8.95. The average Bonchev–Trinajstić information content (AvgIpc) is 2.26. The molecule has 2 nitrogen and oxygen atoms in total. The third kappa shape index (κ3) is 1.33. The van der Waals surface area contributed by atoms with E-state index in [-0.39, 0.29) is 5.41 Å². The minimum Gasteiger partial charge on any atom is -0.386 e. The lowest BCUT2D eigenvalue weighted by molar-refractivity contribution is 0.222. The molecular formula is C10H15ClN2. The minimum absolute atomic E-state index is 0.286. The van der Waals surface area contributed by atoms with Gasteiger partial charge in [-0.25, -0.2) is 0 Å². The lowest BCUT2D eigenvalue weighted by Gasteiger charge is -2.35. The van der Waals surface area contributed by atoms with Gasteiger partial charge in [0.2, 0.25) is 0 Å². The van der Waals surface area contributed by atoms with Crippen LogP contribution in [-0.2, 0) is 0 Å². The fourth-order valence-electron chi connectivity index (χ4n) is 2.30. The molecule has 0 saturated carbocycles. The quantitative estimate of drug-likeness (QED) is 0.640. The number of likely N-dealkylation sites (N-methyl/N-ethyl adjacent to an activating group) is 1. The first-order valence-electron chi connectivity index (χ1n) is 4.55. The number of halogens is 1. The first-order chi connectivity index (χ1) is 6.00. The summed E-state index contributed by atoms with van der Waals surface area (Å²) in [5.41, 5.74) is 1.54. The van der Waals surface area contributed by atoms with Gasteiger partial charge in [0, 0.05) is 30.9 Å². The van der Waals surface area contributed by atoms with Crippen LogP contribution in [-0.4, -0.2) is 24.5 Å². The highest BCUT2D eigenvalue weighted by Crippen LogP contribution is 2.37. The number of nitrogens with one attached hydrogen (secondary N) is 1. The van der Waals surface area contributed by atoms with Crippen LogP contribution in [0.4, 0.5) is 0 Å². The molecule has 2 aliphatic rings. The van der Waals surface area contributed by atoms with Crippen LogP contribution < -0.4 is 5.32 Å². The summed E-state index contributed by atoms with van der Waals surface area (Å²) < 4.78 is 0. The lowest BCUT2D eigenvalue weighted by atomic mass is 9.85. The molecule has 3 heteroatoms.